The van der Waals surface area contributed by atoms with Crippen LogP contribution in [0.2, 0.25) is 0 Å². The first kappa shape index (κ1) is 19.7. The number of benzene rings is 2. The van der Waals surface area contributed by atoms with Gasteiger partial charge in [0.15, 0.2) is 11.6 Å². The van der Waals surface area contributed by atoms with Crippen LogP contribution >= 0.6 is 0 Å². The van der Waals surface area contributed by atoms with Crippen LogP contribution in [0.1, 0.15) is 56.1 Å². The predicted molar refractivity (Wildman–Crippen MR) is 103 cm³/mol. The summed E-state index contributed by atoms with van der Waals surface area (Å²) in [6.45, 7) is 6.11. The van der Waals surface area contributed by atoms with Crippen molar-refractivity contribution in [3.05, 3.63) is 65.5 Å². The summed E-state index contributed by atoms with van der Waals surface area (Å²) in [5.74, 6) is -2.68. The highest BCUT2D eigenvalue weighted by atomic mass is 19.2. The molecule has 1 heterocycles. The summed E-state index contributed by atoms with van der Waals surface area (Å²) in [4.78, 5) is 0. The van der Waals surface area contributed by atoms with Crippen LogP contribution < -0.4 is 0 Å². The average Bonchev–Trinajstić information content (AvgIpc) is 2.69. The van der Waals surface area contributed by atoms with Crippen molar-refractivity contribution in [3.8, 4) is 11.1 Å². The second-order valence-corrected chi connectivity index (χ2v) is 7.15. The highest BCUT2D eigenvalue weighted by molar-refractivity contribution is 5.67. The zero-order valence-corrected chi connectivity index (χ0v) is 15.6. The van der Waals surface area contributed by atoms with Crippen molar-refractivity contribution in [2.45, 2.75) is 51.0 Å². The number of unbranched alkanes of at least 4 members (excludes halogenated alkanes) is 1. The average molecular weight is 374 g/mol. The summed E-state index contributed by atoms with van der Waals surface area (Å²) in [5, 5.41) is 0. The minimum Gasteiger partial charge on any atom is -0.378 e. The Hall–Kier alpha value is -2.07. The lowest BCUT2D eigenvalue weighted by Gasteiger charge is -2.29. The van der Waals surface area contributed by atoms with E-state index in [1.54, 1.807) is 12.1 Å². The smallest absolute Gasteiger partial charge is 0.167 e. The maximum Gasteiger partial charge on any atom is 0.167 e. The Morgan fingerprint density at radius 3 is 2.48 bits per heavy atom. The van der Waals surface area contributed by atoms with E-state index in [0.717, 1.165) is 32.1 Å². The molecule has 1 fully saturated rings. The van der Waals surface area contributed by atoms with Gasteiger partial charge >= 0.3 is 0 Å². The van der Waals surface area contributed by atoms with Gasteiger partial charge in [0.25, 0.3) is 0 Å². The molecule has 0 spiro atoms. The molecular weight excluding hydrogens is 349 g/mol. The Morgan fingerprint density at radius 2 is 1.85 bits per heavy atom. The molecule has 144 valence electrons. The Morgan fingerprint density at radius 1 is 1.07 bits per heavy atom. The van der Waals surface area contributed by atoms with Crippen LogP contribution in [-0.2, 0) is 4.74 Å². The topological polar surface area (TPSA) is 9.23 Å². The number of hydrogen-bond acceptors (Lipinski definition) is 1. The van der Waals surface area contributed by atoms with E-state index in [4.69, 9.17) is 4.74 Å². The van der Waals surface area contributed by atoms with Gasteiger partial charge in [0.2, 0.25) is 0 Å². The molecule has 2 aromatic carbocycles. The van der Waals surface area contributed by atoms with Gasteiger partial charge in [-0.1, -0.05) is 56.7 Å². The fourth-order valence-corrected chi connectivity index (χ4v) is 3.68. The van der Waals surface area contributed by atoms with Crippen molar-refractivity contribution >= 4 is 6.08 Å². The normalized spacial score (nSPS) is 19.9. The van der Waals surface area contributed by atoms with Gasteiger partial charge in [0, 0.05) is 17.0 Å². The van der Waals surface area contributed by atoms with E-state index in [-0.39, 0.29) is 23.1 Å². The fourth-order valence-electron chi connectivity index (χ4n) is 3.68. The van der Waals surface area contributed by atoms with Crippen molar-refractivity contribution in [2.24, 2.45) is 0 Å². The van der Waals surface area contributed by atoms with Gasteiger partial charge in [-0.3, -0.25) is 0 Å². The first-order chi connectivity index (χ1) is 13.0. The van der Waals surface area contributed by atoms with E-state index in [2.05, 4.69) is 13.5 Å². The minimum atomic E-state index is -1.01. The van der Waals surface area contributed by atoms with Crippen LogP contribution in [0.3, 0.4) is 0 Å². The lowest BCUT2D eigenvalue weighted by molar-refractivity contribution is -0.00258. The summed E-state index contributed by atoms with van der Waals surface area (Å²) < 4.78 is 49.6. The van der Waals surface area contributed by atoms with E-state index in [9.17, 15) is 13.2 Å². The Bertz CT molecular complexity index is 808. The molecule has 1 saturated heterocycles. The number of rotatable bonds is 6. The third-order valence-electron chi connectivity index (χ3n) is 5.32. The summed E-state index contributed by atoms with van der Waals surface area (Å²) in [5.41, 5.74) is 0.879. The lowest BCUT2D eigenvalue weighted by atomic mass is 9.88. The second kappa shape index (κ2) is 8.75. The second-order valence-electron chi connectivity index (χ2n) is 7.15. The molecule has 0 bridgehead atoms. The molecule has 1 nitrogen and oxygen atoms in total. The van der Waals surface area contributed by atoms with Crippen molar-refractivity contribution in [1.82, 2.24) is 0 Å². The zero-order chi connectivity index (χ0) is 19.4. The van der Waals surface area contributed by atoms with E-state index in [1.165, 1.54) is 24.3 Å². The summed E-state index contributed by atoms with van der Waals surface area (Å²) in [6, 6.07) is 7.37. The summed E-state index contributed by atoms with van der Waals surface area (Å²) in [7, 11) is 0. The minimum absolute atomic E-state index is 0.0445. The maximum absolute atomic E-state index is 14.7. The molecule has 27 heavy (non-hydrogen) atoms. The zero-order valence-electron chi connectivity index (χ0n) is 15.6. The summed E-state index contributed by atoms with van der Waals surface area (Å²) >= 11 is 0. The predicted octanol–water partition coefficient (Wildman–Crippen LogP) is 6.87. The van der Waals surface area contributed by atoms with Crippen LogP contribution in [0.15, 0.2) is 36.9 Å². The Balaban J connectivity index is 1.81. The molecule has 0 aliphatic carbocycles. The van der Waals surface area contributed by atoms with Crippen LogP contribution in [0.5, 0.6) is 0 Å². The third kappa shape index (κ3) is 4.27. The molecule has 0 saturated carbocycles. The quantitative estimate of drug-likeness (QED) is 0.536. The SMILES string of the molecule is C=Cc1ccc(-c2ccc(C3CCC(CCCC)OC3)c(F)c2F)c(F)c1. The molecule has 2 unspecified atom stereocenters. The molecule has 2 aromatic rings. The Kier molecular flexibility index (Phi) is 6.38. The first-order valence-corrected chi connectivity index (χ1v) is 9.57. The molecule has 0 aromatic heterocycles. The lowest BCUT2D eigenvalue weighted by Crippen LogP contribution is -2.25. The van der Waals surface area contributed by atoms with E-state index in [1.807, 2.05) is 0 Å². The van der Waals surface area contributed by atoms with Gasteiger partial charge in [-0.2, -0.15) is 0 Å². The van der Waals surface area contributed by atoms with Gasteiger partial charge < -0.3 is 4.74 Å². The number of hydrogen-bond donors (Lipinski definition) is 0. The number of halogens is 3. The standard InChI is InChI=1S/C23H25F3O/c1-3-5-6-17-9-8-16(14-27-17)18-11-12-20(23(26)22(18)25)19-10-7-15(4-2)13-21(19)24/h4,7,10-13,16-17H,2-3,5-6,8-9,14H2,1H3. The molecule has 0 N–H and O–H groups in total. The molecule has 0 radical (unpaired) electrons. The van der Waals surface area contributed by atoms with Crippen molar-refractivity contribution in [2.75, 3.05) is 6.61 Å². The molecule has 3 rings (SSSR count). The molecule has 1 aliphatic heterocycles. The van der Waals surface area contributed by atoms with Crippen LogP contribution in [0, 0.1) is 17.5 Å². The molecular formula is C23H25F3O. The van der Waals surface area contributed by atoms with Gasteiger partial charge in [0.05, 0.1) is 12.7 Å². The van der Waals surface area contributed by atoms with Crippen molar-refractivity contribution in [3.63, 3.8) is 0 Å². The largest absolute Gasteiger partial charge is 0.378 e. The first-order valence-electron chi connectivity index (χ1n) is 9.57. The third-order valence-corrected chi connectivity index (χ3v) is 5.32. The van der Waals surface area contributed by atoms with Crippen molar-refractivity contribution in [1.29, 1.82) is 0 Å². The molecule has 1 aliphatic rings. The Labute approximate surface area is 158 Å². The maximum atomic E-state index is 14.7. The van der Waals surface area contributed by atoms with Crippen LogP contribution in [-0.4, -0.2) is 12.7 Å². The van der Waals surface area contributed by atoms with Gasteiger partial charge in [-0.05, 0) is 36.5 Å². The van der Waals surface area contributed by atoms with Crippen LogP contribution in [0.25, 0.3) is 17.2 Å². The monoisotopic (exact) mass is 374 g/mol. The molecule has 0 amide bonds. The van der Waals surface area contributed by atoms with E-state index in [0.29, 0.717) is 17.7 Å². The summed E-state index contributed by atoms with van der Waals surface area (Å²) in [6.07, 6.45) is 6.59. The fraction of sp³-hybridized carbons (Fsp3) is 0.391. The van der Waals surface area contributed by atoms with Gasteiger partial charge in [-0.25, -0.2) is 13.2 Å². The highest BCUT2D eigenvalue weighted by Crippen LogP contribution is 2.35. The van der Waals surface area contributed by atoms with Crippen molar-refractivity contribution < 1.29 is 17.9 Å². The number of ether oxygens (including phenoxy) is 1. The van der Waals surface area contributed by atoms with E-state index < -0.39 is 17.5 Å². The van der Waals surface area contributed by atoms with Gasteiger partial charge in [0.1, 0.15) is 5.82 Å². The molecule has 4 heteroatoms. The van der Waals surface area contributed by atoms with Gasteiger partial charge in [-0.15, -0.1) is 0 Å². The highest BCUT2D eigenvalue weighted by Gasteiger charge is 2.27. The van der Waals surface area contributed by atoms with E-state index >= 15 is 0 Å². The molecule has 2 atom stereocenters. The van der Waals surface area contributed by atoms with Crippen LogP contribution in [0.4, 0.5) is 13.2 Å².